The molecular weight excluding hydrogens is 232 g/mol. The molecule has 68 valence electrons. The van der Waals surface area contributed by atoms with Gasteiger partial charge in [0.2, 0.25) is 5.78 Å². The minimum Gasteiger partial charge on any atom is -0.314 e. The first-order valence-electron chi connectivity index (χ1n) is 3.94. The minimum absolute atomic E-state index is 0.722. The van der Waals surface area contributed by atoms with Gasteiger partial charge in [0.25, 0.3) is 0 Å². The molecule has 0 unspecified atom stereocenters. The molecule has 0 aromatic carbocycles. The molecule has 0 atom stereocenters. The Bertz CT molecular complexity index is 423. The van der Waals surface area contributed by atoms with Crippen molar-refractivity contribution in [1.29, 1.82) is 0 Å². The molecule has 2 aromatic heterocycles. The zero-order valence-electron chi connectivity index (χ0n) is 7.16. The van der Waals surface area contributed by atoms with E-state index in [2.05, 4.69) is 31.2 Å². The van der Waals surface area contributed by atoms with E-state index in [-0.39, 0.29) is 0 Å². The fourth-order valence-corrected chi connectivity index (χ4v) is 1.54. The summed E-state index contributed by atoms with van der Waals surface area (Å²) in [5.41, 5.74) is 0.994. The summed E-state index contributed by atoms with van der Waals surface area (Å²) in [4.78, 5) is 8.48. The van der Waals surface area contributed by atoms with Gasteiger partial charge in [-0.2, -0.15) is 0 Å². The smallest absolute Gasteiger partial charge is 0.234 e. The van der Waals surface area contributed by atoms with Gasteiger partial charge in [0.15, 0.2) is 0 Å². The van der Waals surface area contributed by atoms with E-state index in [9.17, 15) is 0 Å². The Labute approximate surface area is 84.1 Å². The van der Waals surface area contributed by atoms with Crippen LogP contribution in [0.4, 0.5) is 0 Å². The Morgan fingerprint density at radius 1 is 1.62 bits per heavy atom. The lowest BCUT2D eigenvalue weighted by Gasteiger charge is -1.99. The van der Waals surface area contributed by atoms with Crippen LogP contribution in [0.25, 0.3) is 5.78 Å². The van der Waals surface area contributed by atoms with Crippen LogP contribution in [0.3, 0.4) is 0 Å². The average Bonchev–Trinajstić information content (AvgIpc) is 2.48. The highest BCUT2D eigenvalue weighted by Gasteiger charge is 2.01. The third kappa shape index (κ3) is 1.57. The van der Waals surface area contributed by atoms with Gasteiger partial charge in [-0.3, -0.25) is 4.40 Å². The predicted octanol–water partition coefficient (Wildman–Crippen LogP) is 1.21. The van der Waals surface area contributed by atoms with Crippen molar-refractivity contribution in [1.82, 2.24) is 19.7 Å². The van der Waals surface area contributed by atoms with E-state index < -0.39 is 0 Å². The molecule has 0 aliphatic heterocycles. The quantitative estimate of drug-likeness (QED) is 0.859. The molecule has 0 amide bonds. The molecule has 2 heterocycles. The van der Waals surface area contributed by atoms with Gasteiger partial charge in [-0.25, -0.2) is 9.97 Å². The summed E-state index contributed by atoms with van der Waals surface area (Å²) >= 11 is 3.38. The Kier molecular flexibility index (Phi) is 2.28. The number of rotatable bonds is 2. The monoisotopic (exact) mass is 240 g/mol. The normalized spacial score (nSPS) is 10.9. The summed E-state index contributed by atoms with van der Waals surface area (Å²) in [7, 11) is 1.90. The third-order valence-electron chi connectivity index (χ3n) is 1.75. The Morgan fingerprint density at radius 2 is 2.46 bits per heavy atom. The molecule has 0 bridgehead atoms. The maximum absolute atomic E-state index is 4.35. The molecule has 2 aromatic rings. The highest BCUT2D eigenvalue weighted by Crippen LogP contribution is 2.11. The molecule has 5 heteroatoms. The molecule has 0 spiro atoms. The van der Waals surface area contributed by atoms with E-state index in [0.29, 0.717) is 0 Å². The summed E-state index contributed by atoms with van der Waals surface area (Å²) in [6.07, 6.45) is 3.69. The second-order valence-corrected chi connectivity index (χ2v) is 3.51. The van der Waals surface area contributed by atoms with E-state index in [1.54, 1.807) is 6.20 Å². The molecule has 13 heavy (non-hydrogen) atoms. The zero-order valence-corrected chi connectivity index (χ0v) is 8.74. The maximum atomic E-state index is 4.35. The van der Waals surface area contributed by atoms with Crippen molar-refractivity contribution in [2.45, 2.75) is 6.54 Å². The van der Waals surface area contributed by atoms with Crippen molar-refractivity contribution in [3.63, 3.8) is 0 Å². The molecule has 0 saturated carbocycles. The van der Waals surface area contributed by atoms with Crippen LogP contribution in [0.15, 0.2) is 23.1 Å². The number of fused-ring (bicyclic) bond motifs is 1. The summed E-state index contributed by atoms with van der Waals surface area (Å²) in [6, 6.07) is 1.97. The van der Waals surface area contributed by atoms with Gasteiger partial charge in [-0.1, -0.05) is 0 Å². The second kappa shape index (κ2) is 3.43. The molecule has 0 aliphatic rings. The molecule has 0 saturated heterocycles. The predicted molar refractivity (Wildman–Crippen MR) is 53.5 cm³/mol. The minimum atomic E-state index is 0.722. The van der Waals surface area contributed by atoms with Gasteiger partial charge >= 0.3 is 0 Å². The van der Waals surface area contributed by atoms with E-state index >= 15 is 0 Å². The van der Waals surface area contributed by atoms with Crippen LogP contribution >= 0.6 is 15.9 Å². The maximum Gasteiger partial charge on any atom is 0.234 e. The van der Waals surface area contributed by atoms with Gasteiger partial charge in [-0.15, -0.1) is 0 Å². The summed E-state index contributed by atoms with van der Waals surface area (Å²) in [6.45, 7) is 0.765. The highest BCUT2D eigenvalue weighted by atomic mass is 79.9. The van der Waals surface area contributed by atoms with Gasteiger partial charge < -0.3 is 5.32 Å². The Balaban J connectivity index is 2.50. The van der Waals surface area contributed by atoms with Crippen LogP contribution in [0, 0.1) is 0 Å². The van der Waals surface area contributed by atoms with Crippen LogP contribution < -0.4 is 5.32 Å². The van der Waals surface area contributed by atoms with Gasteiger partial charge in [0, 0.05) is 12.7 Å². The third-order valence-corrected chi connectivity index (χ3v) is 2.34. The number of halogens is 1. The molecule has 0 radical (unpaired) electrons. The lowest BCUT2D eigenvalue weighted by Crippen LogP contribution is -2.07. The first kappa shape index (κ1) is 8.65. The lowest BCUT2D eigenvalue weighted by molar-refractivity contribution is 0.787. The topological polar surface area (TPSA) is 42.2 Å². The second-order valence-electron chi connectivity index (χ2n) is 2.70. The Morgan fingerprint density at radius 3 is 3.23 bits per heavy atom. The lowest BCUT2D eigenvalue weighted by atomic mass is 10.4. The molecule has 0 fully saturated rings. The van der Waals surface area contributed by atoms with Crippen LogP contribution in [-0.4, -0.2) is 21.4 Å². The van der Waals surface area contributed by atoms with E-state index in [1.165, 1.54) is 0 Å². The number of nitrogens with one attached hydrogen (secondary N) is 1. The van der Waals surface area contributed by atoms with Crippen molar-refractivity contribution < 1.29 is 0 Å². The van der Waals surface area contributed by atoms with Crippen LogP contribution in [0.2, 0.25) is 0 Å². The fourth-order valence-electron chi connectivity index (χ4n) is 1.16. The Hall–Kier alpha value is -0.940. The van der Waals surface area contributed by atoms with Crippen molar-refractivity contribution in [2.75, 3.05) is 7.05 Å². The van der Waals surface area contributed by atoms with Crippen molar-refractivity contribution in [3.05, 3.63) is 28.8 Å². The largest absolute Gasteiger partial charge is 0.314 e. The van der Waals surface area contributed by atoms with Crippen molar-refractivity contribution >= 4 is 21.7 Å². The van der Waals surface area contributed by atoms with Gasteiger partial charge in [0.05, 0.1) is 11.9 Å². The summed E-state index contributed by atoms with van der Waals surface area (Å²) < 4.78 is 2.81. The molecule has 4 nitrogen and oxygen atoms in total. The average molecular weight is 241 g/mol. The van der Waals surface area contributed by atoms with Crippen LogP contribution in [-0.2, 0) is 6.54 Å². The number of hydrogen-bond donors (Lipinski definition) is 1. The molecule has 0 aliphatic carbocycles. The highest BCUT2D eigenvalue weighted by molar-refractivity contribution is 9.10. The number of nitrogens with zero attached hydrogens (tertiary/aromatic N) is 3. The fraction of sp³-hybridized carbons (Fsp3) is 0.250. The first-order chi connectivity index (χ1) is 6.31. The van der Waals surface area contributed by atoms with Gasteiger partial charge in [0.1, 0.15) is 4.60 Å². The summed E-state index contributed by atoms with van der Waals surface area (Å²) in [5, 5.41) is 3.04. The number of aromatic nitrogens is 3. The van der Waals surface area contributed by atoms with Crippen LogP contribution in [0.5, 0.6) is 0 Å². The molecule has 2 rings (SSSR count). The standard InChI is InChI=1S/C8H9BrN4/c1-10-4-6-2-3-13-7(9)5-11-8(13)12-6/h2-3,5,10H,4H2,1H3. The SMILES string of the molecule is CNCc1ccn2c(Br)cnc2n1. The summed E-state index contributed by atoms with van der Waals surface area (Å²) in [5.74, 6) is 0.722. The molecular formula is C8H9BrN4. The molecule has 1 N–H and O–H groups in total. The van der Waals surface area contributed by atoms with Crippen molar-refractivity contribution in [2.24, 2.45) is 0 Å². The first-order valence-corrected chi connectivity index (χ1v) is 4.73. The number of hydrogen-bond acceptors (Lipinski definition) is 3. The van der Waals surface area contributed by atoms with E-state index in [0.717, 1.165) is 22.6 Å². The van der Waals surface area contributed by atoms with Gasteiger partial charge in [-0.05, 0) is 29.0 Å². The van der Waals surface area contributed by atoms with Crippen molar-refractivity contribution in [3.8, 4) is 0 Å². The van der Waals surface area contributed by atoms with Crippen LogP contribution in [0.1, 0.15) is 5.69 Å². The van der Waals surface area contributed by atoms with E-state index in [1.807, 2.05) is 23.7 Å². The van der Waals surface area contributed by atoms with E-state index in [4.69, 9.17) is 0 Å². The zero-order chi connectivity index (χ0) is 9.26. The number of imidazole rings is 1.